The van der Waals surface area contributed by atoms with Crippen LogP contribution >= 0.6 is 23.1 Å². The van der Waals surface area contributed by atoms with Crippen molar-refractivity contribution in [2.75, 3.05) is 22.5 Å². The minimum Gasteiger partial charge on any atom is -0.279 e. The Bertz CT molecular complexity index is 1670. The van der Waals surface area contributed by atoms with E-state index in [2.05, 4.69) is 6.07 Å². The smallest absolute Gasteiger partial charge is 0.264 e. The van der Waals surface area contributed by atoms with E-state index in [9.17, 15) is 13.2 Å². The van der Waals surface area contributed by atoms with Crippen LogP contribution in [0.25, 0.3) is 10.2 Å². The summed E-state index contributed by atoms with van der Waals surface area (Å²) in [5, 5.41) is 0.590. The number of aromatic nitrogens is 1. The third kappa shape index (κ3) is 5.31. The van der Waals surface area contributed by atoms with Crippen LogP contribution in [0.2, 0.25) is 0 Å². The number of carbonyl (C=O) groups is 1. The Labute approximate surface area is 230 Å². The maximum Gasteiger partial charge on any atom is 0.264 e. The SMILES string of the molecule is CSc1ccc2nc(N(Cc3ccccc3)C(=O)c3ccc(S(=O)(=O)N(C)c4ccccc4)cc3)sc2c1. The molecule has 0 bridgehead atoms. The van der Waals surface area contributed by atoms with Crippen LogP contribution in [-0.2, 0) is 16.6 Å². The zero-order valence-electron chi connectivity index (χ0n) is 20.8. The van der Waals surface area contributed by atoms with Crippen molar-refractivity contribution in [3.05, 3.63) is 114 Å². The zero-order valence-corrected chi connectivity index (χ0v) is 23.3. The molecule has 0 aliphatic rings. The van der Waals surface area contributed by atoms with E-state index in [1.165, 1.54) is 34.8 Å². The summed E-state index contributed by atoms with van der Waals surface area (Å²) in [6, 6.07) is 30.7. The molecule has 5 aromatic rings. The number of carbonyl (C=O) groups excluding carboxylic acids is 1. The number of anilines is 2. The van der Waals surface area contributed by atoms with Crippen LogP contribution in [0.5, 0.6) is 0 Å². The third-order valence-corrected chi connectivity index (χ3v) is 9.69. The summed E-state index contributed by atoms with van der Waals surface area (Å²) in [6.45, 7) is 0.339. The molecule has 192 valence electrons. The fourth-order valence-corrected chi connectivity index (χ4v) is 6.70. The van der Waals surface area contributed by atoms with Crippen LogP contribution in [-0.4, -0.2) is 32.6 Å². The first kappa shape index (κ1) is 26.0. The van der Waals surface area contributed by atoms with E-state index in [-0.39, 0.29) is 10.8 Å². The molecule has 38 heavy (non-hydrogen) atoms. The molecule has 0 radical (unpaired) electrons. The van der Waals surface area contributed by atoms with Gasteiger partial charge in [-0.15, -0.1) is 11.8 Å². The van der Waals surface area contributed by atoms with Crippen molar-refractivity contribution in [2.24, 2.45) is 0 Å². The number of hydrogen-bond donors (Lipinski definition) is 0. The van der Waals surface area contributed by atoms with Gasteiger partial charge < -0.3 is 0 Å². The second-order valence-electron chi connectivity index (χ2n) is 8.54. The summed E-state index contributed by atoms with van der Waals surface area (Å²) in [5.74, 6) is -0.252. The Morgan fingerprint density at radius 3 is 2.21 bits per heavy atom. The number of para-hydroxylation sites is 1. The Morgan fingerprint density at radius 2 is 1.55 bits per heavy atom. The molecule has 6 nitrogen and oxygen atoms in total. The molecule has 0 aliphatic heterocycles. The molecular formula is C29H25N3O3S3. The number of benzene rings is 4. The largest absolute Gasteiger partial charge is 0.279 e. The number of thiazole rings is 1. The molecule has 0 fully saturated rings. The van der Waals surface area contributed by atoms with Crippen molar-refractivity contribution in [3.8, 4) is 0 Å². The van der Waals surface area contributed by atoms with Crippen molar-refractivity contribution in [1.29, 1.82) is 0 Å². The molecule has 0 atom stereocenters. The number of amides is 1. The predicted molar refractivity (Wildman–Crippen MR) is 157 cm³/mol. The molecule has 0 spiro atoms. The molecule has 9 heteroatoms. The molecule has 0 saturated heterocycles. The number of fused-ring (bicyclic) bond motifs is 1. The average Bonchev–Trinajstić information content (AvgIpc) is 3.39. The van der Waals surface area contributed by atoms with E-state index in [1.807, 2.05) is 54.8 Å². The van der Waals surface area contributed by atoms with Crippen LogP contribution < -0.4 is 9.21 Å². The molecule has 0 saturated carbocycles. The summed E-state index contributed by atoms with van der Waals surface area (Å²) in [5.41, 5.74) is 2.74. The van der Waals surface area contributed by atoms with Gasteiger partial charge in [-0.3, -0.25) is 14.0 Å². The molecule has 0 aliphatic carbocycles. The molecule has 1 aromatic heterocycles. The van der Waals surface area contributed by atoms with Gasteiger partial charge in [0, 0.05) is 17.5 Å². The van der Waals surface area contributed by atoms with E-state index in [1.54, 1.807) is 53.1 Å². The summed E-state index contributed by atoms with van der Waals surface area (Å²) >= 11 is 3.12. The van der Waals surface area contributed by atoms with E-state index in [0.717, 1.165) is 20.7 Å². The summed E-state index contributed by atoms with van der Waals surface area (Å²) in [6.07, 6.45) is 2.02. The van der Waals surface area contributed by atoms with Crippen molar-refractivity contribution in [3.63, 3.8) is 0 Å². The molecular weight excluding hydrogens is 535 g/mol. The van der Waals surface area contributed by atoms with Crippen molar-refractivity contribution >= 4 is 60.1 Å². The van der Waals surface area contributed by atoms with Gasteiger partial charge in [-0.2, -0.15) is 0 Å². The first-order valence-electron chi connectivity index (χ1n) is 11.8. The van der Waals surface area contributed by atoms with Crippen molar-refractivity contribution in [2.45, 2.75) is 16.3 Å². The predicted octanol–water partition coefficient (Wildman–Crippen LogP) is 6.69. The summed E-state index contributed by atoms with van der Waals surface area (Å²) in [4.78, 5) is 21.4. The van der Waals surface area contributed by atoms with E-state index in [0.29, 0.717) is 22.9 Å². The van der Waals surface area contributed by atoms with Gasteiger partial charge in [0.15, 0.2) is 5.13 Å². The van der Waals surface area contributed by atoms with Crippen LogP contribution in [0, 0.1) is 0 Å². The van der Waals surface area contributed by atoms with Crippen LogP contribution in [0.1, 0.15) is 15.9 Å². The molecule has 4 aromatic carbocycles. The summed E-state index contributed by atoms with van der Waals surface area (Å²) < 4.78 is 28.6. The second-order valence-corrected chi connectivity index (χ2v) is 12.4. The number of nitrogens with zero attached hydrogens (tertiary/aromatic N) is 3. The Morgan fingerprint density at radius 1 is 0.895 bits per heavy atom. The maximum absolute atomic E-state index is 13.8. The van der Waals surface area contributed by atoms with Gasteiger partial charge in [-0.25, -0.2) is 13.4 Å². The second kappa shape index (κ2) is 11.0. The maximum atomic E-state index is 13.8. The number of rotatable bonds is 8. The lowest BCUT2D eigenvalue weighted by molar-refractivity contribution is 0.0985. The summed E-state index contributed by atoms with van der Waals surface area (Å²) in [7, 11) is -2.27. The van der Waals surface area contributed by atoms with Gasteiger partial charge in [-0.05, 0) is 66.4 Å². The standard InChI is InChI=1S/C29H25N3O3S3/c1-31(23-11-7-4-8-12-23)38(34,35)25-16-13-22(14-17-25)28(33)32(20-21-9-5-3-6-10-21)29-30-26-18-15-24(36-2)19-27(26)37-29/h3-19H,20H2,1-2H3. The topological polar surface area (TPSA) is 70.6 Å². The molecule has 0 unspecified atom stereocenters. The lowest BCUT2D eigenvalue weighted by Crippen LogP contribution is -2.30. The van der Waals surface area contributed by atoms with Gasteiger partial charge in [0.05, 0.1) is 27.3 Å². The lowest BCUT2D eigenvalue weighted by Gasteiger charge is -2.21. The minimum atomic E-state index is -3.78. The highest BCUT2D eigenvalue weighted by molar-refractivity contribution is 7.98. The Hall–Kier alpha value is -3.66. The van der Waals surface area contributed by atoms with E-state index >= 15 is 0 Å². The molecule has 5 rings (SSSR count). The first-order valence-corrected chi connectivity index (χ1v) is 15.3. The van der Waals surface area contributed by atoms with Gasteiger partial charge in [0.25, 0.3) is 15.9 Å². The third-order valence-electron chi connectivity index (χ3n) is 6.12. The van der Waals surface area contributed by atoms with Gasteiger partial charge >= 0.3 is 0 Å². The van der Waals surface area contributed by atoms with Crippen LogP contribution in [0.3, 0.4) is 0 Å². The molecule has 1 amide bonds. The average molecular weight is 560 g/mol. The zero-order chi connectivity index (χ0) is 26.7. The van der Waals surface area contributed by atoms with Crippen LogP contribution in [0.15, 0.2) is 113 Å². The Balaban J connectivity index is 1.47. The van der Waals surface area contributed by atoms with E-state index in [4.69, 9.17) is 4.98 Å². The number of hydrogen-bond acceptors (Lipinski definition) is 6. The first-order chi connectivity index (χ1) is 18.4. The van der Waals surface area contributed by atoms with Crippen molar-refractivity contribution < 1.29 is 13.2 Å². The van der Waals surface area contributed by atoms with E-state index < -0.39 is 10.0 Å². The minimum absolute atomic E-state index is 0.111. The highest BCUT2D eigenvalue weighted by Crippen LogP contribution is 2.33. The molecule has 1 heterocycles. The normalized spacial score (nSPS) is 11.4. The highest BCUT2D eigenvalue weighted by atomic mass is 32.2. The Kier molecular flexibility index (Phi) is 7.51. The van der Waals surface area contributed by atoms with Gasteiger partial charge in [-0.1, -0.05) is 59.9 Å². The highest BCUT2D eigenvalue weighted by Gasteiger charge is 2.25. The lowest BCUT2D eigenvalue weighted by atomic mass is 10.1. The molecule has 0 N–H and O–H groups in total. The van der Waals surface area contributed by atoms with Gasteiger partial charge in [0.1, 0.15) is 0 Å². The van der Waals surface area contributed by atoms with Gasteiger partial charge in [0.2, 0.25) is 0 Å². The fourth-order valence-electron chi connectivity index (χ4n) is 3.99. The van der Waals surface area contributed by atoms with Crippen LogP contribution in [0.4, 0.5) is 10.8 Å². The quantitative estimate of drug-likeness (QED) is 0.198. The van der Waals surface area contributed by atoms with Crippen molar-refractivity contribution in [1.82, 2.24) is 4.98 Å². The monoisotopic (exact) mass is 559 g/mol. The number of thioether (sulfide) groups is 1. The number of sulfonamides is 1. The fraction of sp³-hybridized carbons (Fsp3) is 0.103.